The van der Waals surface area contributed by atoms with Crippen LogP contribution in [0.1, 0.15) is 56.4 Å². The first-order valence-corrected chi connectivity index (χ1v) is 8.63. The van der Waals surface area contributed by atoms with E-state index in [1.807, 2.05) is 40.7 Å². The molecule has 5 nitrogen and oxygen atoms in total. The largest absolute Gasteiger partial charge is 0.465 e. The molecule has 0 saturated heterocycles. The summed E-state index contributed by atoms with van der Waals surface area (Å²) in [6.07, 6.45) is -1.17. The van der Waals surface area contributed by atoms with Crippen molar-refractivity contribution in [2.45, 2.75) is 45.4 Å². The summed E-state index contributed by atoms with van der Waals surface area (Å²) >= 11 is 6.07. The molecule has 0 spiro atoms. The zero-order valence-corrected chi connectivity index (χ0v) is 16.3. The Balaban J connectivity index is 2.50. The van der Waals surface area contributed by atoms with E-state index in [1.54, 1.807) is 30.3 Å². The van der Waals surface area contributed by atoms with Gasteiger partial charge in [0.25, 0.3) is 0 Å². The average molecular weight is 375 g/mol. The molecule has 0 aliphatic carbocycles. The second kappa shape index (κ2) is 7.08. The van der Waals surface area contributed by atoms with E-state index in [1.165, 1.54) is 0 Å². The van der Waals surface area contributed by atoms with Crippen molar-refractivity contribution in [3.05, 3.63) is 58.4 Å². The SMILES string of the molecule is CC(C)(C)c1nc(C(=O)C(C)(C)c2cccc(Cl)c2)ccc1NC(=O)O. The molecule has 0 unspecified atom stereocenters. The number of benzene rings is 1. The second-order valence-electron chi connectivity index (χ2n) is 7.74. The number of nitrogens with zero attached hydrogens (tertiary/aromatic N) is 1. The van der Waals surface area contributed by atoms with E-state index in [9.17, 15) is 9.59 Å². The van der Waals surface area contributed by atoms with E-state index < -0.39 is 16.9 Å². The average Bonchev–Trinajstić information content (AvgIpc) is 2.53. The van der Waals surface area contributed by atoms with Crippen LogP contribution in [0.3, 0.4) is 0 Å². The van der Waals surface area contributed by atoms with Gasteiger partial charge in [-0.1, -0.05) is 44.5 Å². The topological polar surface area (TPSA) is 79.3 Å². The minimum Gasteiger partial charge on any atom is -0.465 e. The minimum absolute atomic E-state index is 0.160. The fourth-order valence-corrected chi connectivity index (χ4v) is 2.89. The van der Waals surface area contributed by atoms with Crippen LogP contribution in [0.15, 0.2) is 36.4 Å². The normalized spacial score (nSPS) is 11.9. The van der Waals surface area contributed by atoms with Gasteiger partial charge in [0.05, 0.1) is 16.8 Å². The molecule has 1 amide bonds. The lowest BCUT2D eigenvalue weighted by Crippen LogP contribution is -2.31. The first-order chi connectivity index (χ1) is 11.9. The summed E-state index contributed by atoms with van der Waals surface area (Å²) in [7, 11) is 0. The maximum Gasteiger partial charge on any atom is 0.409 e. The predicted octanol–water partition coefficient (Wildman–Crippen LogP) is 5.28. The van der Waals surface area contributed by atoms with Gasteiger partial charge < -0.3 is 5.11 Å². The fourth-order valence-electron chi connectivity index (χ4n) is 2.70. The van der Waals surface area contributed by atoms with Gasteiger partial charge in [0.15, 0.2) is 5.78 Å². The van der Waals surface area contributed by atoms with Gasteiger partial charge in [0, 0.05) is 10.4 Å². The highest BCUT2D eigenvalue weighted by atomic mass is 35.5. The Morgan fingerprint density at radius 2 is 1.73 bits per heavy atom. The number of hydrogen-bond donors (Lipinski definition) is 2. The number of pyridine rings is 1. The molecule has 0 radical (unpaired) electrons. The monoisotopic (exact) mass is 374 g/mol. The van der Waals surface area contributed by atoms with Crippen molar-refractivity contribution in [1.29, 1.82) is 0 Å². The summed E-state index contributed by atoms with van der Waals surface area (Å²) < 4.78 is 0. The number of anilines is 1. The summed E-state index contributed by atoms with van der Waals surface area (Å²) in [5.41, 5.74) is 0.718. The molecule has 1 heterocycles. The van der Waals surface area contributed by atoms with Crippen LogP contribution < -0.4 is 5.32 Å². The van der Waals surface area contributed by atoms with Gasteiger partial charge in [-0.05, 0) is 43.7 Å². The zero-order valence-electron chi connectivity index (χ0n) is 15.6. The van der Waals surface area contributed by atoms with Gasteiger partial charge in [-0.3, -0.25) is 10.1 Å². The Morgan fingerprint density at radius 3 is 2.27 bits per heavy atom. The third-order valence-electron chi connectivity index (χ3n) is 4.19. The van der Waals surface area contributed by atoms with Crippen molar-refractivity contribution < 1.29 is 14.7 Å². The van der Waals surface area contributed by atoms with Gasteiger partial charge in [-0.15, -0.1) is 0 Å². The van der Waals surface area contributed by atoms with Crippen molar-refractivity contribution in [3.8, 4) is 0 Å². The molecule has 138 valence electrons. The first-order valence-electron chi connectivity index (χ1n) is 8.25. The molecule has 0 fully saturated rings. The third kappa shape index (κ3) is 4.22. The quantitative estimate of drug-likeness (QED) is 0.713. The Morgan fingerprint density at radius 1 is 1.08 bits per heavy atom. The summed E-state index contributed by atoms with van der Waals surface area (Å²) in [6.45, 7) is 9.39. The first kappa shape index (κ1) is 19.9. The molecule has 1 aromatic carbocycles. The number of aromatic nitrogens is 1. The van der Waals surface area contributed by atoms with E-state index in [4.69, 9.17) is 16.7 Å². The van der Waals surface area contributed by atoms with Crippen LogP contribution in [0.25, 0.3) is 0 Å². The van der Waals surface area contributed by atoms with Gasteiger partial charge >= 0.3 is 6.09 Å². The third-order valence-corrected chi connectivity index (χ3v) is 4.43. The Labute approximate surface area is 158 Å². The maximum absolute atomic E-state index is 13.1. The molecule has 2 rings (SSSR count). The Kier molecular flexibility index (Phi) is 5.42. The van der Waals surface area contributed by atoms with Crippen molar-refractivity contribution >= 4 is 29.2 Å². The van der Waals surface area contributed by atoms with Crippen LogP contribution in [0.5, 0.6) is 0 Å². The second-order valence-corrected chi connectivity index (χ2v) is 8.17. The molecule has 0 atom stereocenters. The van der Waals surface area contributed by atoms with Crippen molar-refractivity contribution in [3.63, 3.8) is 0 Å². The molecule has 0 saturated carbocycles. The van der Waals surface area contributed by atoms with Crippen molar-refractivity contribution in [2.24, 2.45) is 0 Å². The smallest absolute Gasteiger partial charge is 0.409 e. The number of carboxylic acid groups (broad SMARTS) is 1. The number of amides is 1. The number of nitrogens with one attached hydrogen (secondary N) is 1. The van der Waals surface area contributed by atoms with E-state index in [2.05, 4.69) is 10.3 Å². The molecule has 0 aliphatic heterocycles. The molecule has 0 aliphatic rings. The lowest BCUT2D eigenvalue weighted by molar-refractivity contribution is 0.0903. The highest BCUT2D eigenvalue weighted by Gasteiger charge is 2.33. The highest BCUT2D eigenvalue weighted by molar-refractivity contribution is 6.30. The molecule has 0 bridgehead atoms. The number of Topliss-reactive ketones (excluding diaryl/α,β-unsaturated/α-hetero) is 1. The highest BCUT2D eigenvalue weighted by Crippen LogP contribution is 2.32. The van der Waals surface area contributed by atoms with Crippen LogP contribution in [0.2, 0.25) is 5.02 Å². The summed E-state index contributed by atoms with van der Waals surface area (Å²) in [5.74, 6) is -0.160. The molecule has 1 aromatic heterocycles. The van der Waals surface area contributed by atoms with Crippen LogP contribution in [0.4, 0.5) is 10.5 Å². The van der Waals surface area contributed by atoms with Gasteiger partial charge in [0.2, 0.25) is 0 Å². The minimum atomic E-state index is -1.17. The van der Waals surface area contributed by atoms with Gasteiger partial charge in [-0.2, -0.15) is 0 Å². The fraction of sp³-hybridized carbons (Fsp3) is 0.350. The van der Waals surface area contributed by atoms with E-state index in [0.29, 0.717) is 16.4 Å². The molecular formula is C20H23ClN2O3. The van der Waals surface area contributed by atoms with E-state index >= 15 is 0 Å². The summed E-state index contributed by atoms with van der Waals surface area (Å²) in [5, 5.41) is 11.9. The van der Waals surface area contributed by atoms with Crippen LogP contribution >= 0.6 is 11.6 Å². The Bertz CT molecular complexity index is 854. The molecule has 6 heteroatoms. The van der Waals surface area contributed by atoms with E-state index in [0.717, 1.165) is 5.56 Å². The number of halogens is 1. The number of rotatable bonds is 4. The lowest BCUT2D eigenvalue weighted by atomic mass is 9.79. The van der Waals surface area contributed by atoms with Crippen LogP contribution in [-0.2, 0) is 10.8 Å². The lowest BCUT2D eigenvalue weighted by Gasteiger charge is -2.26. The van der Waals surface area contributed by atoms with Crippen molar-refractivity contribution in [1.82, 2.24) is 4.98 Å². The van der Waals surface area contributed by atoms with Crippen molar-refractivity contribution in [2.75, 3.05) is 5.32 Å². The Hall–Kier alpha value is -2.40. The summed E-state index contributed by atoms with van der Waals surface area (Å²) in [6, 6.07) is 10.3. The van der Waals surface area contributed by atoms with Crippen LogP contribution in [0, 0.1) is 0 Å². The number of carbonyl (C=O) groups is 2. The maximum atomic E-state index is 13.1. The van der Waals surface area contributed by atoms with Gasteiger partial charge in [-0.25, -0.2) is 9.78 Å². The standard InChI is InChI=1S/C20H23ClN2O3/c1-19(2,3)16-14(23-18(25)26)9-10-15(22-16)17(24)20(4,5)12-7-6-8-13(21)11-12/h6-11,23H,1-5H3,(H,25,26). The number of hydrogen-bond acceptors (Lipinski definition) is 3. The van der Waals surface area contributed by atoms with Gasteiger partial charge in [0.1, 0.15) is 5.69 Å². The summed E-state index contributed by atoms with van der Waals surface area (Å²) in [4.78, 5) is 28.7. The molecule has 26 heavy (non-hydrogen) atoms. The molecule has 2 aromatic rings. The van der Waals surface area contributed by atoms with Crippen LogP contribution in [-0.4, -0.2) is 22.0 Å². The predicted molar refractivity (Wildman–Crippen MR) is 103 cm³/mol. The van der Waals surface area contributed by atoms with E-state index in [-0.39, 0.29) is 11.5 Å². The zero-order chi connectivity index (χ0) is 19.7. The molecule has 2 N–H and O–H groups in total. The number of ketones is 1. The molecular weight excluding hydrogens is 352 g/mol. The number of carbonyl (C=O) groups excluding carboxylic acids is 1.